The lowest BCUT2D eigenvalue weighted by atomic mass is 9.93. The smallest absolute Gasteiger partial charge is 0.337 e. The van der Waals surface area contributed by atoms with E-state index < -0.39 is 0 Å². The molecule has 126 valence electrons. The van der Waals surface area contributed by atoms with Crippen LogP contribution in [0.3, 0.4) is 0 Å². The van der Waals surface area contributed by atoms with Crippen LogP contribution >= 0.6 is 0 Å². The zero-order valence-electron chi connectivity index (χ0n) is 13.8. The van der Waals surface area contributed by atoms with Gasteiger partial charge in [-0.25, -0.2) is 4.79 Å². The summed E-state index contributed by atoms with van der Waals surface area (Å²) in [6.45, 7) is 2.78. The fourth-order valence-electron chi connectivity index (χ4n) is 2.87. The van der Waals surface area contributed by atoms with Crippen LogP contribution in [-0.2, 0) is 16.0 Å². The van der Waals surface area contributed by atoms with Gasteiger partial charge in [-0.05, 0) is 62.4 Å². The molecule has 23 heavy (non-hydrogen) atoms. The zero-order chi connectivity index (χ0) is 16.5. The van der Waals surface area contributed by atoms with E-state index in [2.05, 4.69) is 15.4 Å². The van der Waals surface area contributed by atoms with Gasteiger partial charge in [-0.3, -0.25) is 4.79 Å². The van der Waals surface area contributed by atoms with Crippen molar-refractivity contribution in [2.75, 3.05) is 26.7 Å². The fraction of sp³-hybridized carbons (Fsp3) is 0.556. The Hall–Kier alpha value is -1.88. The molecule has 0 atom stereocenters. The third-order valence-electron chi connectivity index (χ3n) is 4.35. The minimum Gasteiger partial charge on any atom is -0.465 e. The molecule has 0 aromatic heterocycles. The summed E-state index contributed by atoms with van der Waals surface area (Å²) in [4.78, 5) is 23.2. The summed E-state index contributed by atoms with van der Waals surface area (Å²) in [6.07, 6.45) is 4.73. The van der Waals surface area contributed by atoms with Crippen LogP contribution in [0.2, 0.25) is 0 Å². The SMILES string of the molecule is COC(=O)c1ccc(CCNC(=O)CCC2CCNCC2)cc1. The Balaban J connectivity index is 1.63. The number of ether oxygens (including phenoxy) is 1. The lowest BCUT2D eigenvalue weighted by Gasteiger charge is -2.22. The Morgan fingerprint density at radius 2 is 1.91 bits per heavy atom. The standard InChI is InChI=1S/C18H26N2O3/c1-23-18(22)16-5-2-14(3-6-16)10-13-20-17(21)7-4-15-8-11-19-12-9-15/h2-3,5-6,15,19H,4,7-13H2,1H3,(H,20,21). The van der Waals surface area contributed by atoms with Crippen molar-refractivity contribution >= 4 is 11.9 Å². The molecule has 1 fully saturated rings. The van der Waals surface area contributed by atoms with Gasteiger partial charge in [0.05, 0.1) is 12.7 Å². The molecule has 1 aromatic rings. The number of methoxy groups -OCH3 is 1. The molecule has 0 radical (unpaired) electrons. The molecule has 2 rings (SSSR count). The molecular formula is C18H26N2O3. The molecule has 2 N–H and O–H groups in total. The number of nitrogens with one attached hydrogen (secondary N) is 2. The lowest BCUT2D eigenvalue weighted by Crippen LogP contribution is -2.30. The minimum absolute atomic E-state index is 0.134. The van der Waals surface area contributed by atoms with Crippen LogP contribution in [0.25, 0.3) is 0 Å². The highest BCUT2D eigenvalue weighted by molar-refractivity contribution is 5.89. The Morgan fingerprint density at radius 1 is 1.22 bits per heavy atom. The summed E-state index contributed by atoms with van der Waals surface area (Å²) in [6, 6.07) is 7.29. The number of benzene rings is 1. The molecule has 5 heteroatoms. The number of rotatable bonds is 7. The van der Waals surface area contributed by atoms with E-state index in [0.29, 0.717) is 24.4 Å². The first-order chi connectivity index (χ1) is 11.2. The number of carbonyl (C=O) groups is 2. The summed E-state index contributed by atoms with van der Waals surface area (Å²) in [5.41, 5.74) is 1.64. The van der Waals surface area contributed by atoms with Crippen molar-refractivity contribution in [3.63, 3.8) is 0 Å². The Morgan fingerprint density at radius 3 is 2.57 bits per heavy atom. The molecule has 0 spiro atoms. The van der Waals surface area contributed by atoms with Crippen molar-refractivity contribution < 1.29 is 14.3 Å². The van der Waals surface area contributed by atoms with Crippen LogP contribution in [-0.4, -0.2) is 38.6 Å². The van der Waals surface area contributed by atoms with Crippen LogP contribution in [0.1, 0.15) is 41.6 Å². The first-order valence-electron chi connectivity index (χ1n) is 8.33. The summed E-state index contributed by atoms with van der Waals surface area (Å²) in [7, 11) is 1.37. The second-order valence-electron chi connectivity index (χ2n) is 6.02. The molecule has 0 unspecified atom stereocenters. The number of piperidine rings is 1. The van der Waals surface area contributed by atoms with Gasteiger partial charge in [0.2, 0.25) is 5.91 Å². The van der Waals surface area contributed by atoms with Gasteiger partial charge < -0.3 is 15.4 Å². The maximum atomic E-state index is 11.9. The molecule has 1 aliphatic heterocycles. The molecule has 1 saturated heterocycles. The second kappa shape index (κ2) is 9.30. The molecule has 0 bridgehead atoms. The van der Waals surface area contributed by atoms with Crippen LogP contribution in [0.15, 0.2) is 24.3 Å². The van der Waals surface area contributed by atoms with Gasteiger partial charge in [0.25, 0.3) is 0 Å². The maximum Gasteiger partial charge on any atom is 0.337 e. The average Bonchev–Trinajstić information content (AvgIpc) is 2.61. The molecule has 1 aromatic carbocycles. The summed E-state index contributed by atoms with van der Waals surface area (Å²) in [5.74, 6) is 0.491. The van der Waals surface area contributed by atoms with Crippen LogP contribution in [0, 0.1) is 5.92 Å². The second-order valence-corrected chi connectivity index (χ2v) is 6.02. The first kappa shape index (κ1) is 17.5. The third kappa shape index (κ3) is 6.02. The highest BCUT2D eigenvalue weighted by Gasteiger charge is 2.14. The van der Waals surface area contributed by atoms with E-state index in [-0.39, 0.29) is 11.9 Å². The maximum absolute atomic E-state index is 11.9. The monoisotopic (exact) mass is 318 g/mol. The topological polar surface area (TPSA) is 67.4 Å². The van der Waals surface area contributed by atoms with Crippen molar-refractivity contribution in [2.24, 2.45) is 5.92 Å². The van der Waals surface area contributed by atoms with Gasteiger partial charge in [-0.1, -0.05) is 12.1 Å². The van der Waals surface area contributed by atoms with Crippen molar-refractivity contribution in [1.29, 1.82) is 0 Å². The number of carbonyl (C=O) groups excluding carboxylic acids is 2. The largest absolute Gasteiger partial charge is 0.465 e. The molecular weight excluding hydrogens is 292 g/mol. The average molecular weight is 318 g/mol. The van der Waals surface area contributed by atoms with Gasteiger partial charge >= 0.3 is 5.97 Å². The molecule has 0 saturated carbocycles. The predicted molar refractivity (Wildman–Crippen MR) is 89.3 cm³/mol. The number of esters is 1. The lowest BCUT2D eigenvalue weighted by molar-refractivity contribution is -0.121. The van der Waals surface area contributed by atoms with Crippen molar-refractivity contribution in [2.45, 2.75) is 32.1 Å². The van der Waals surface area contributed by atoms with Crippen LogP contribution < -0.4 is 10.6 Å². The van der Waals surface area contributed by atoms with Gasteiger partial charge in [-0.15, -0.1) is 0 Å². The van der Waals surface area contributed by atoms with Crippen LogP contribution in [0.5, 0.6) is 0 Å². The Kier molecular flexibility index (Phi) is 7.07. The highest BCUT2D eigenvalue weighted by Crippen LogP contribution is 2.17. The summed E-state index contributed by atoms with van der Waals surface area (Å²) >= 11 is 0. The minimum atomic E-state index is -0.331. The normalized spacial score (nSPS) is 15.2. The molecule has 0 aliphatic carbocycles. The molecule has 5 nitrogen and oxygen atoms in total. The molecule has 1 heterocycles. The Bertz CT molecular complexity index is 508. The van der Waals surface area contributed by atoms with Crippen molar-refractivity contribution in [1.82, 2.24) is 10.6 Å². The highest BCUT2D eigenvalue weighted by atomic mass is 16.5. The molecule has 1 amide bonds. The summed E-state index contributed by atoms with van der Waals surface area (Å²) in [5, 5.41) is 6.31. The van der Waals surface area contributed by atoms with Crippen LogP contribution in [0.4, 0.5) is 0 Å². The fourth-order valence-corrected chi connectivity index (χ4v) is 2.87. The van der Waals surface area contributed by atoms with E-state index in [1.54, 1.807) is 12.1 Å². The van der Waals surface area contributed by atoms with Gasteiger partial charge in [0, 0.05) is 13.0 Å². The van der Waals surface area contributed by atoms with Crippen molar-refractivity contribution in [3.8, 4) is 0 Å². The van der Waals surface area contributed by atoms with E-state index >= 15 is 0 Å². The van der Waals surface area contributed by atoms with E-state index in [9.17, 15) is 9.59 Å². The molecule has 1 aliphatic rings. The van der Waals surface area contributed by atoms with Gasteiger partial charge in [-0.2, -0.15) is 0 Å². The summed E-state index contributed by atoms with van der Waals surface area (Å²) < 4.78 is 4.67. The quantitative estimate of drug-likeness (QED) is 0.754. The number of hydrogen-bond acceptors (Lipinski definition) is 4. The van der Waals surface area contributed by atoms with E-state index in [1.807, 2.05) is 12.1 Å². The van der Waals surface area contributed by atoms with Crippen molar-refractivity contribution in [3.05, 3.63) is 35.4 Å². The van der Waals surface area contributed by atoms with Gasteiger partial charge in [0.1, 0.15) is 0 Å². The third-order valence-corrected chi connectivity index (χ3v) is 4.35. The van der Waals surface area contributed by atoms with E-state index in [4.69, 9.17) is 0 Å². The van der Waals surface area contributed by atoms with Gasteiger partial charge in [0.15, 0.2) is 0 Å². The number of amides is 1. The number of hydrogen-bond donors (Lipinski definition) is 2. The Labute approximate surface area is 137 Å². The van der Waals surface area contributed by atoms with E-state index in [1.165, 1.54) is 20.0 Å². The predicted octanol–water partition coefficient (Wildman–Crippen LogP) is 1.91. The zero-order valence-corrected chi connectivity index (χ0v) is 13.8. The van der Waals surface area contributed by atoms with E-state index in [0.717, 1.165) is 31.5 Å². The first-order valence-corrected chi connectivity index (χ1v) is 8.33.